The van der Waals surface area contributed by atoms with Crippen molar-refractivity contribution >= 4 is 22.6 Å². The average molecular weight is 415 g/mol. The summed E-state index contributed by atoms with van der Waals surface area (Å²) < 4.78 is 45.3. The number of hydrogen-bond donors (Lipinski definition) is 2. The molecule has 5 rings (SSSR count). The second kappa shape index (κ2) is 6.60. The van der Waals surface area contributed by atoms with Gasteiger partial charge in [0.15, 0.2) is 5.82 Å². The molecule has 1 aromatic heterocycles. The van der Waals surface area contributed by atoms with E-state index >= 15 is 8.78 Å². The summed E-state index contributed by atoms with van der Waals surface area (Å²) in [6, 6.07) is 5.88. The maximum absolute atomic E-state index is 15.8. The van der Waals surface area contributed by atoms with Crippen molar-refractivity contribution in [2.45, 2.75) is 18.5 Å². The number of pyridine rings is 1. The highest BCUT2D eigenvalue weighted by molar-refractivity contribution is 5.94. The molecule has 2 aromatic carbocycles. The number of carboxylic acids is 1. The molecule has 2 saturated heterocycles. The Morgan fingerprint density at radius 3 is 2.50 bits per heavy atom. The Morgan fingerprint density at radius 2 is 1.90 bits per heavy atom. The molecular weight excluding hydrogens is 399 g/mol. The molecule has 0 spiro atoms. The van der Waals surface area contributed by atoms with Crippen LogP contribution in [0.25, 0.3) is 16.6 Å². The van der Waals surface area contributed by atoms with Gasteiger partial charge in [-0.1, -0.05) is 0 Å². The Bertz CT molecular complexity index is 1260. The fraction of sp³-hybridized carbons (Fsp3) is 0.238. The summed E-state index contributed by atoms with van der Waals surface area (Å²) >= 11 is 0. The standard InChI is InChI=1S/C21H16F3N3O3/c22-10-1-3-12(4-2-10)27-9-15(21(29)30)20(28)14-6-16(23)19(17(24)18(14)27)26-8-11-5-13(26)7-25-11/h1-4,6,9,11,13,25H,5,7-8H2,(H,29,30). The highest BCUT2D eigenvalue weighted by Gasteiger charge is 2.40. The molecular formula is C21H16F3N3O3. The summed E-state index contributed by atoms with van der Waals surface area (Å²) in [7, 11) is 0. The van der Waals surface area contributed by atoms with E-state index in [0.29, 0.717) is 13.1 Å². The lowest BCUT2D eigenvalue weighted by atomic mass is 10.1. The van der Waals surface area contributed by atoms with E-state index in [1.807, 2.05) is 0 Å². The number of aromatic carboxylic acids is 1. The number of aromatic nitrogens is 1. The van der Waals surface area contributed by atoms with Crippen LogP contribution in [0.2, 0.25) is 0 Å². The lowest BCUT2D eigenvalue weighted by Crippen LogP contribution is -2.44. The van der Waals surface area contributed by atoms with Gasteiger partial charge in [0.1, 0.15) is 22.9 Å². The second-order valence-corrected chi connectivity index (χ2v) is 7.59. The van der Waals surface area contributed by atoms with Gasteiger partial charge in [-0.15, -0.1) is 0 Å². The number of halogens is 3. The minimum Gasteiger partial charge on any atom is -0.477 e. The van der Waals surface area contributed by atoms with Gasteiger partial charge < -0.3 is 19.9 Å². The van der Waals surface area contributed by atoms with E-state index in [4.69, 9.17) is 0 Å². The molecule has 0 aliphatic carbocycles. The molecule has 0 saturated carbocycles. The summed E-state index contributed by atoms with van der Waals surface area (Å²) in [5.41, 5.74) is -1.86. The minimum atomic E-state index is -1.52. The van der Waals surface area contributed by atoms with E-state index < -0.39 is 34.4 Å². The van der Waals surface area contributed by atoms with Crippen LogP contribution in [0.5, 0.6) is 0 Å². The molecule has 2 bridgehead atoms. The largest absolute Gasteiger partial charge is 0.477 e. The Kier molecular flexibility index (Phi) is 4.11. The molecule has 154 valence electrons. The quantitative estimate of drug-likeness (QED) is 0.688. The van der Waals surface area contributed by atoms with Gasteiger partial charge in [0.05, 0.1) is 10.9 Å². The van der Waals surface area contributed by atoms with Crippen molar-refractivity contribution < 1.29 is 23.1 Å². The van der Waals surface area contributed by atoms with E-state index in [1.54, 1.807) is 4.90 Å². The first kappa shape index (κ1) is 18.7. The van der Waals surface area contributed by atoms with Gasteiger partial charge in [0.2, 0.25) is 5.43 Å². The number of hydrogen-bond acceptors (Lipinski definition) is 4. The van der Waals surface area contributed by atoms with Gasteiger partial charge in [-0.25, -0.2) is 18.0 Å². The molecule has 2 aliphatic heterocycles. The summed E-state index contributed by atoms with van der Waals surface area (Å²) in [6.45, 7) is 1.03. The number of rotatable bonds is 3. The molecule has 2 aliphatic rings. The monoisotopic (exact) mass is 415 g/mol. The topological polar surface area (TPSA) is 74.6 Å². The molecule has 9 heteroatoms. The average Bonchev–Trinajstić information content (AvgIpc) is 3.33. The predicted octanol–water partition coefficient (Wildman–Crippen LogP) is 2.66. The van der Waals surface area contributed by atoms with Gasteiger partial charge in [-0.2, -0.15) is 0 Å². The third-order valence-electron chi connectivity index (χ3n) is 5.84. The Balaban J connectivity index is 1.84. The Hall–Kier alpha value is -3.33. The van der Waals surface area contributed by atoms with Gasteiger partial charge in [0, 0.05) is 37.1 Å². The highest BCUT2D eigenvalue weighted by Crippen LogP contribution is 2.36. The van der Waals surface area contributed by atoms with Crippen LogP contribution in [0, 0.1) is 17.5 Å². The summed E-state index contributed by atoms with van der Waals surface area (Å²) in [5, 5.41) is 12.3. The zero-order chi connectivity index (χ0) is 21.2. The lowest BCUT2D eigenvalue weighted by molar-refractivity contribution is 0.0695. The zero-order valence-electron chi connectivity index (χ0n) is 15.5. The SMILES string of the molecule is O=C(O)c1cn(-c2ccc(F)cc2)c2c(F)c(N3CC4CC3CN4)c(F)cc2c1=O. The molecule has 2 N–H and O–H groups in total. The number of nitrogens with zero attached hydrogens (tertiary/aromatic N) is 2. The molecule has 6 nitrogen and oxygen atoms in total. The number of nitrogens with one attached hydrogen (secondary N) is 1. The fourth-order valence-corrected chi connectivity index (χ4v) is 4.46. The summed E-state index contributed by atoms with van der Waals surface area (Å²) in [6.07, 6.45) is 1.75. The maximum Gasteiger partial charge on any atom is 0.341 e. The van der Waals surface area contributed by atoms with Gasteiger partial charge in [-0.3, -0.25) is 4.79 Å². The normalized spacial score (nSPS) is 20.3. The van der Waals surface area contributed by atoms with E-state index in [9.17, 15) is 19.1 Å². The second-order valence-electron chi connectivity index (χ2n) is 7.59. The van der Waals surface area contributed by atoms with Crippen LogP contribution in [0.1, 0.15) is 16.8 Å². The third-order valence-corrected chi connectivity index (χ3v) is 5.84. The van der Waals surface area contributed by atoms with Gasteiger partial charge in [-0.05, 0) is 36.8 Å². The molecule has 2 atom stereocenters. The third kappa shape index (κ3) is 2.69. The minimum absolute atomic E-state index is 0.0688. The molecule has 3 heterocycles. The van der Waals surface area contributed by atoms with Crippen LogP contribution in [0.15, 0.2) is 41.3 Å². The van der Waals surface area contributed by atoms with Crippen LogP contribution in [-0.2, 0) is 0 Å². The van der Waals surface area contributed by atoms with Gasteiger partial charge >= 0.3 is 5.97 Å². The number of carbonyl (C=O) groups is 1. The van der Waals surface area contributed by atoms with Crippen molar-refractivity contribution in [3.05, 3.63) is 69.8 Å². The predicted molar refractivity (Wildman–Crippen MR) is 104 cm³/mol. The number of carboxylic acid groups (broad SMARTS) is 1. The molecule has 2 unspecified atom stereocenters. The fourth-order valence-electron chi connectivity index (χ4n) is 4.46. The van der Waals surface area contributed by atoms with Crippen LogP contribution in [0.4, 0.5) is 18.9 Å². The number of fused-ring (bicyclic) bond motifs is 3. The first-order valence-electron chi connectivity index (χ1n) is 9.41. The van der Waals surface area contributed by atoms with Crippen molar-refractivity contribution in [2.24, 2.45) is 0 Å². The smallest absolute Gasteiger partial charge is 0.341 e. The Morgan fingerprint density at radius 1 is 1.17 bits per heavy atom. The van der Waals surface area contributed by atoms with E-state index in [2.05, 4.69) is 5.32 Å². The van der Waals surface area contributed by atoms with Crippen molar-refractivity contribution in [2.75, 3.05) is 18.0 Å². The van der Waals surface area contributed by atoms with E-state index in [1.165, 1.54) is 12.1 Å². The Labute approximate surface area is 168 Å². The van der Waals surface area contributed by atoms with Crippen LogP contribution in [-0.4, -0.2) is 40.8 Å². The van der Waals surface area contributed by atoms with Crippen molar-refractivity contribution in [1.29, 1.82) is 0 Å². The molecule has 0 radical (unpaired) electrons. The van der Waals surface area contributed by atoms with Crippen molar-refractivity contribution in [1.82, 2.24) is 9.88 Å². The van der Waals surface area contributed by atoms with Crippen LogP contribution in [0.3, 0.4) is 0 Å². The number of benzene rings is 2. The first-order valence-corrected chi connectivity index (χ1v) is 9.41. The van der Waals surface area contributed by atoms with Crippen molar-refractivity contribution in [3.8, 4) is 5.69 Å². The highest BCUT2D eigenvalue weighted by atomic mass is 19.1. The molecule has 3 aromatic rings. The molecule has 30 heavy (non-hydrogen) atoms. The number of anilines is 1. The maximum atomic E-state index is 15.8. The summed E-state index contributed by atoms with van der Waals surface area (Å²) in [4.78, 5) is 25.9. The van der Waals surface area contributed by atoms with Crippen LogP contribution < -0.4 is 15.6 Å². The zero-order valence-corrected chi connectivity index (χ0v) is 15.5. The van der Waals surface area contributed by atoms with Crippen LogP contribution >= 0.6 is 0 Å². The first-order chi connectivity index (χ1) is 14.3. The van der Waals surface area contributed by atoms with E-state index in [0.717, 1.165) is 35.4 Å². The summed E-state index contributed by atoms with van der Waals surface area (Å²) in [5.74, 6) is -3.92. The lowest BCUT2D eigenvalue weighted by Gasteiger charge is -2.30. The molecule has 2 fully saturated rings. The van der Waals surface area contributed by atoms with Crippen molar-refractivity contribution in [3.63, 3.8) is 0 Å². The number of piperazine rings is 1. The van der Waals surface area contributed by atoms with E-state index in [-0.39, 0.29) is 34.4 Å². The van der Waals surface area contributed by atoms with Gasteiger partial charge in [0.25, 0.3) is 0 Å². The molecule has 0 amide bonds.